The minimum Gasteiger partial charge on any atom is -0.397 e. The molecule has 8 N–H and O–H groups in total. The van der Waals surface area contributed by atoms with Gasteiger partial charge in [0.25, 0.3) is 0 Å². The molecule has 0 unspecified atom stereocenters. The molecule has 0 aromatic heterocycles. The van der Waals surface area contributed by atoms with Gasteiger partial charge in [0.2, 0.25) is 0 Å². The van der Waals surface area contributed by atoms with Gasteiger partial charge < -0.3 is 22.9 Å². The molecule has 0 atom stereocenters. The third-order valence-electron chi connectivity index (χ3n) is 3.41. The largest absolute Gasteiger partial charge is 0.402 e. The van der Waals surface area contributed by atoms with Crippen molar-refractivity contribution in [2.75, 3.05) is 22.9 Å². The molecule has 0 aliphatic heterocycles. The van der Waals surface area contributed by atoms with E-state index in [4.69, 9.17) is 22.9 Å². The standard InChI is InChI=1S/2C6H8N2.C5H6F6/c2*7-5-3-1-2-4-6(5)8;1-3(2,4(6,7)8)5(9,10)11/h2*1-4H,7-8H2;1-2H3. The van der Waals surface area contributed by atoms with Crippen LogP contribution in [0.15, 0.2) is 48.5 Å². The van der Waals surface area contributed by atoms with E-state index in [1.54, 1.807) is 24.3 Å². The molecule has 2 aromatic rings. The SMILES string of the molecule is CC(C)(C(F)(F)F)C(F)(F)F.Nc1ccccc1N.Nc1ccccc1N. The fourth-order valence-electron chi connectivity index (χ4n) is 1.18. The number of anilines is 4. The summed E-state index contributed by atoms with van der Waals surface area (Å²) in [5, 5.41) is 0. The maximum Gasteiger partial charge on any atom is 0.402 e. The Bertz CT molecular complexity index is 610. The van der Waals surface area contributed by atoms with Crippen LogP contribution in [0, 0.1) is 5.41 Å². The Morgan fingerprint density at radius 3 is 0.778 bits per heavy atom. The molecule has 10 heteroatoms. The summed E-state index contributed by atoms with van der Waals surface area (Å²) in [6.07, 6.45) is -10.5. The van der Waals surface area contributed by atoms with Gasteiger partial charge in [-0.2, -0.15) is 26.3 Å². The zero-order chi connectivity index (χ0) is 21.5. The van der Waals surface area contributed by atoms with Gasteiger partial charge >= 0.3 is 12.4 Å². The third kappa shape index (κ3) is 7.55. The van der Waals surface area contributed by atoms with Crippen molar-refractivity contribution in [3.63, 3.8) is 0 Å². The molecule has 152 valence electrons. The molecule has 0 fully saturated rings. The molecule has 0 saturated carbocycles. The molecular formula is C17H22F6N4. The van der Waals surface area contributed by atoms with Crippen molar-refractivity contribution in [2.45, 2.75) is 26.2 Å². The zero-order valence-corrected chi connectivity index (χ0v) is 14.7. The van der Waals surface area contributed by atoms with Crippen LogP contribution in [0.3, 0.4) is 0 Å². The van der Waals surface area contributed by atoms with Crippen LogP contribution in [-0.2, 0) is 0 Å². The van der Waals surface area contributed by atoms with E-state index in [-0.39, 0.29) is 13.8 Å². The quantitative estimate of drug-likeness (QED) is 0.378. The number of hydrogen-bond acceptors (Lipinski definition) is 4. The molecular weight excluding hydrogens is 374 g/mol. The molecule has 2 aromatic carbocycles. The van der Waals surface area contributed by atoms with Crippen LogP contribution in [0.4, 0.5) is 49.1 Å². The van der Waals surface area contributed by atoms with Crippen molar-refractivity contribution in [1.29, 1.82) is 0 Å². The number of nitrogens with two attached hydrogens (primary N) is 4. The Hall–Kier alpha value is -2.78. The van der Waals surface area contributed by atoms with Gasteiger partial charge in [0, 0.05) is 0 Å². The van der Waals surface area contributed by atoms with E-state index in [1.165, 1.54) is 0 Å². The molecule has 0 saturated heterocycles. The lowest BCUT2D eigenvalue weighted by molar-refractivity contribution is -0.327. The molecule has 2 rings (SSSR count). The summed E-state index contributed by atoms with van der Waals surface area (Å²) in [6.45, 7) is 0.208. The molecule has 0 amide bonds. The highest BCUT2D eigenvalue weighted by atomic mass is 19.4. The second-order valence-electron chi connectivity index (χ2n) is 5.88. The van der Waals surface area contributed by atoms with Crippen molar-refractivity contribution >= 4 is 22.7 Å². The minimum atomic E-state index is -5.24. The van der Waals surface area contributed by atoms with Gasteiger partial charge in [-0.15, -0.1) is 0 Å². The summed E-state index contributed by atoms with van der Waals surface area (Å²) in [5.41, 5.74) is 20.5. The lowest BCUT2D eigenvalue weighted by atomic mass is 9.92. The van der Waals surface area contributed by atoms with Crippen molar-refractivity contribution in [1.82, 2.24) is 0 Å². The van der Waals surface area contributed by atoms with E-state index in [1.807, 2.05) is 24.3 Å². The first-order valence-corrected chi connectivity index (χ1v) is 7.44. The van der Waals surface area contributed by atoms with Crippen molar-refractivity contribution in [3.8, 4) is 0 Å². The van der Waals surface area contributed by atoms with Gasteiger partial charge in [-0.1, -0.05) is 24.3 Å². The number of rotatable bonds is 0. The second-order valence-corrected chi connectivity index (χ2v) is 5.88. The third-order valence-corrected chi connectivity index (χ3v) is 3.41. The summed E-state index contributed by atoms with van der Waals surface area (Å²) in [4.78, 5) is 0. The monoisotopic (exact) mass is 396 g/mol. The van der Waals surface area contributed by atoms with E-state index in [0.29, 0.717) is 22.7 Å². The van der Waals surface area contributed by atoms with Gasteiger partial charge in [0.05, 0.1) is 22.7 Å². The van der Waals surface area contributed by atoms with Crippen molar-refractivity contribution in [3.05, 3.63) is 48.5 Å². The Kier molecular flexibility index (Phi) is 8.29. The van der Waals surface area contributed by atoms with Gasteiger partial charge in [0.1, 0.15) is 0 Å². The number of nitrogen functional groups attached to an aromatic ring is 4. The van der Waals surface area contributed by atoms with E-state index >= 15 is 0 Å². The maximum atomic E-state index is 11.6. The Morgan fingerprint density at radius 2 is 0.704 bits per heavy atom. The van der Waals surface area contributed by atoms with Crippen LogP contribution in [0.2, 0.25) is 0 Å². The summed E-state index contributed by atoms with van der Waals surface area (Å²) in [6, 6.07) is 14.5. The number of para-hydroxylation sites is 4. The first-order valence-electron chi connectivity index (χ1n) is 7.44. The molecule has 0 aliphatic carbocycles. The van der Waals surface area contributed by atoms with Gasteiger partial charge in [-0.25, -0.2) is 0 Å². The van der Waals surface area contributed by atoms with Crippen LogP contribution in [-0.4, -0.2) is 12.4 Å². The summed E-state index contributed by atoms with van der Waals surface area (Å²) in [7, 11) is 0. The predicted molar refractivity (Wildman–Crippen MR) is 96.4 cm³/mol. The van der Waals surface area contributed by atoms with Gasteiger partial charge in [-0.05, 0) is 38.1 Å². The first kappa shape index (κ1) is 24.2. The molecule has 27 heavy (non-hydrogen) atoms. The van der Waals surface area contributed by atoms with Crippen LogP contribution in [0.25, 0.3) is 0 Å². The summed E-state index contributed by atoms with van der Waals surface area (Å²) < 4.78 is 69.7. The fourth-order valence-corrected chi connectivity index (χ4v) is 1.18. The van der Waals surface area contributed by atoms with Crippen LogP contribution in [0.5, 0.6) is 0 Å². The molecule has 0 radical (unpaired) electrons. The summed E-state index contributed by atoms with van der Waals surface area (Å²) in [5.74, 6) is 0. The van der Waals surface area contributed by atoms with E-state index in [9.17, 15) is 26.3 Å². The molecule has 0 aliphatic rings. The van der Waals surface area contributed by atoms with Gasteiger partial charge in [-0.3, -0.25) is 0 Å². The Labute approximate surface area is 153 Å². The van der Waals surface area contributed by atoms with E-state index in [0.717, 1.165) is 0 Å². The minimum absolute atomic E-state index is 0.104. The van der Waals surface area contributed by atoms with Crippen LogP contribution >= 0.6 is 0 Å². The molecule has 0 spiro atoms. The van der Waals surface area contributed by atoms with Gasteiger partial charge in [0.15, 0.2) is 5.41 Å². The average Bonchev–Trinajstić information content (AvgIpc) is 2.52. The number of halogens is 6. The maximum absolute atomic E-state index is 11.6. The lowest BCUT2D eigenvalue weighted by Crippen LogP contribution is -2.44. The summed E-state index contributed by atoms with van der Waals surface area (Å²) >= 11 is 0. The molecule has 0 heterocycles. The molecule has 0 bridgehead atoms. The zero-order valence-electron chi connectivity index (χ0n) is 14.7. The highest BCUT2D eigenvalue weighted by Gasteiger charge is 2.64. The predicted octanol–water partition coefficient (Wildman–Crippen LogP) is 4.84. The van der Waals surface area contributed by atoms with Crippen molar-refractivity contribution in [2.24, 2.45) is 5.41 Å². The van der Waals surface area contributed by atoms with E-state index < -0.39 is 17.8 Å². The molecule has 4 nitrogen and oxygen atoms in total. The van der Waals surface area contributed by atoms with Crippen molar-refractivity contribution < 1.29 is 26.3 Å². The first-order chi connectivity index (χ1) is 12.1. The van der Waals surface area contributed by atoms with Crippen LogP contribution in [0.1, 0.15) is 13.8 Å². The number of benzene rings is 2. The van der Waals surface area contributed by atoms with E-state index in [2.05, 4.69) is 0 Å². The smallest absolute Gasteiger partial charge is 0.397 e. The number of hydrogen-bond donors (Lipinski definition) is 4. The van der Waals surface area contributed by atoms with Crippen LogP contribution < -0.4 is 22.9 Å². The average molecular weight is 396 g/mol. The normalized spacial score (nSPS) is 11.6. The topological polar surface area (TPSA) is 104 Å². The second kappa shape index (κ2) is 9.24. The Morgan fingerprint density at radius 1 is 0.519 bits per heavy atom. The Balaban J connectivity index is 0.000000381. The fraction of sp³-hybridized carbons (Fsp3) is 0.294. The lowest BCUT2D eigenvalue weighted by Gasteiger charge is -2.29. The highest BCUT2D eigenvalue weighted by Crippen LogP contribution is 2.49. The highest BCUT2D eigenvalue weighted by molar-refractivity contribution is 5.62. The number of alkyl halides is 6.